The van der Waals surface area contributed by atoms with Crippen LogP contribution in [0.15, 0.2) is 36.0 Å². The number of rotatable bonds is 1. The van der Waals surface area contributed by atoms with E-state index in [2.05, 4.69) is 0 Å². The van der Waals surface area contributed by atoms with E-state index in [1.807, 2.05) is 18.2 Å². The predicted octanol–water partition coefficient (Wildman–Crippen LogP) is 0.779. The van der Waals surface area contributed by atoms with E-state index < -0.39 is 11.9 Å². The van der Waals surface area contributed by atoms with Gasteiger partial charge in [0.25, 0.3) is 0 Å². The number of allylic oxidation sites excluding steroid dienone is 2. The highest BCUT2D eigenvalue weighted by atomic mass is 16.5. The highest BCUT2D eigenvalue weighted by Crippen LogP contribution is 2.23. The topological polar surface area (TPSA) is 43.4 Å². The molecule has 0 fully saturated rings. The average Bonchev–Trinajstić information content (AvgIpc) is 2.17. The molecule has 2 aliphatic rings. The van der Waals surface area contributed by atoms with E-state index in [1.165, 1.54) is 0 Å². The second-order valence-electron chi connectivity index (χ2n) is 2.93. The minimum absolute atomic E-state index is 0.298. The van der Waals surface area contributed by atoms with Gasteiger partial charge in [0.2, 0.25) is 0 Å². The minimum Gasteiger partial charge on any atom is -0.452 e. The van der Waals surface area contributed by atoms with Crippen LogP contribution in [0.25, 0.3) is 0 Å². The van der Waals surface area contributed by atoms with Crippen LogP contribution in [-0.4, -0.2) is 18.4 Å². The number of esters is 1. The summed E-state index contributed by atoms with van der Waals surface area (Å²) in [5.74, 6) is -1.20. The molecule has 0 saturated carbocycles. The molecule has 1 aliphatic carbocycles. The minimum atomic E-state index is -0.734. The lowest BCUT2D eigenvalue weighted by Gasteiger charge is -2.24. The van der Waals surface area contributed by atoms with Crippen LogP contribution in [0.5, 0.6) is 0 Å². The number of hydrogen-bond acceptors (Lipinski definition) is 3. The maximum atomic E-state index is 11.1. The molecule has 0 aromatic rings. The molecule has 0 bridgehead atoms. The molecule has 0 N–H and O–H groups in total. The molecule has 3 nitrogen and oxygen atoms in total. The highest BCUT2D eigenvalue weighted by molar-refractivity contribution is 5.91. The van der Waals surface area contributed by atoms with Gasteiger partial charge >= 0.3 is 5.97 Å². The number of aldehydes is 1. The number of hydrogen-bond donors (Lipinski definition) is 0. The van der Waals surface area contributed by atoms with Crippen molar-refractivity contribution in [2.24, 2.45) is 5.92 Å². The van der Waals surface area contributed by atoms with Crippen molar-refractivity contribution in [3.8, 4) is 0 Å². The van der Waals surface area contributed by atoms with E-state index in [-0.39, 0.29) is 6.10 Å². The normalized spacial score (nSPS) is 30.5. The van der Waals surface area contributed by atoms with Crippen molar-refractivity contribution in [2.75, 3.05) is 0 Å². The van der Waals surface area contributed by atoms with E-state index in [9.17, 15) is 9.59 Å². The number of carbonyl (C=O) groups excluding carboxylic acids is 2. The SMILES string of the molecule is O=CC1C=C2C=CC=CC2OC1=O. The Labute approximate surface area is 75.4 Å². The lowest BCUT2D eigenvalue weighted by molar-refractivity contribution is -0.150. The molecule has 2 rings (SSSR count). The van der Waals surface area contributed by atoms with Crippen LogP contribution in [0.1, 0.15) is 0 Å². The summed E-state index contributed by atoms with van der Waals surface area (Å²) >= 11 is 0. The second-order valence-corrected chi connectivity index (χ2v) is 2.93. The molecule has 0 saturated heterocycles. The first-order valence-electron chi connectivity index (χ1n) is 4.03. The van der Waals surface area contributed by atoms with Crippen LogP contribution in [0, 0.1) is 5.92 Å². The smallest absolute Gasteiger partial charge is 0.321 e. The number of carbonyl (C=O) groups is 2. The molecule has 66 valence electrons. The first-order valence-corrected chi connectivity index (χ1v) is 4.03. The Morgan fingerprint density at radius 3 is 3.00 bits per heavy atom. The monoisotopic (exact) mass is 176 g/mol. The third kappa shape index (κ3) is 1.33. The van der Waals surface area contributed by atoms with E-state index in [0.29, 0.717) is 6.29 Å². The summed E-state index contributed by atoms with van der Waals surface area (Å²) < 4.78 is 5.02. The van der Waals surface area contributed by atoms with Crippen LogP contribution in [-0.2, 0) is 14.3 Å². The second kappa shape index (κ2) is 3.01. The van der Waals surface area contributed by atoms with Gasteiger partial charge in [-0.1, -0.05) is 24.3 Å². The van der Waals surface area contributed by atoms with Crippen molar-refractivity contribution >= 4 is 12.3 Å². The molecular formula is C10H8O3. The maximum absolute atomic E-state index is 11.1. The quantitative estimate of drug-likeness (QED) is 0.337. The first kappa shape index (κ1) is 7.98. The van der Waals surface area contributed by atoms with Crippen LogP contribution >= 0.6 is 0 Å². The van der Waals surface area contributed by atoms with Gasteiger partial charge in [-0.05, 0) is 11.6 Å². The van der Waals surface area contributed by atoms with E-state index >= 15 is 0 Å². The Bertz CT molecular complexity index is 336. The number of fused-ring (bicyclic) bond motifs is 1. The maximum Gasteiger partial charge on any atom is 0.321 e. The fraction of sp³-hybridized carbons (Fsp3) is 0.200. The van der Waals surface area contributed by atoms with Crippen molar-refractivity contribution in [3.63, 3.8) is 0 Å². The van der Waals surface area contributed by atoms with Gasteiger partial charge in [-0.15, -0.1) is 0 Å². The van der Waals surface area contributed by atoms with Gasteiger partial charge in [0, 0.05) is 0 Å². The van der Waals surface area contributed by atoms with Gasteiger partial charge in [0.05, 0.1) is 0 Å². The molecule has 0 aromatic heterocycles. The zero-order valence-electron chi connectivity index (χ0n) is 6.84. The molecule has 2 atom stereocenters. The van der Waals surface area contributed by atoms with Crippen LogP contribution < -0.4 is 0 Å². The third-order valence-corrected chi connectivity index (χ3v) is 2.05. The molecule has 1 heterocycles. The summed E-state index contributed by atoms with van der Waals surface area (Å²) in [6, 6.07) is 0. The van der Waals surface area contributed by atoms with Crippen molar-refractivity contribution in [1.29, 1.82) is 0 Å². The zero-order chi connectivity index (χ0) is 9.26. The van der Waals surface area contributed by atoms with Crippen LogP contribution in [0.2, 0.25) is 0 Å². The van der Waals surface area contributed by atoms with E-state index in [4.69, 9.17) is 4.74 Å². The summed E-state index contributed by atoms with van der Waals surface area (Å²) in [7, 11) is 0. The van der Waals surface area contributed by atoms with Gasteiger partial charge in [-0.2, -0.15) is 0 Å². The summed E-state index contributed by atoms with van der Waals surface area (Å²) in [6.07, 6.45) is 9.23. The van der Waals surface area contributed by atoms with E-state index in [1.54, 1.807) is 12.2 Å². The third-order valence-electron chi connectivity index (χ3n) is 2.05. The summed E-state index contributed by atoms with van der Waals surface area (Å²) in [4.78, 5) is 21.6. The standard InChI is InChI=1S/C10H8O3/c11-6-8-5-7-3-1-2-4-9(7)13-10(8)12/h1-6,8-9H. The lowest BCUT2D eigenvalue weighted by atomic mass is 9.96. The number of ether oxygens (including phenoxy) is 1. The molecule has 0 amide bonds. The molecule has 0 aromatic carbocycles. The lowest BCUT2D eigenvalue weighted by Crippen LogP contribution is -2.30. The van der Waals surface area contributed by atoms with Crippen molar-refractivity contribution in [1.82, 2.24) is 0 Å². The fourth-order valence-electron chi connectivity index (χ4n) is 1.37. The molecule has 1 aliphatic heterocycles. The molecule has 13 heavy (non-hydrogen) atoms. The van der Waals surface area contributed by atoms with Crippen molar-refractivity contribution < 1.29 is 14.3 Å². The van der Waals surface area contributed by atoms with Gasteiger partial charge in [-0.3, -0.25) is 4.79 Å². The van der Waals surface area contributed by atoms with Crippen LogP contribution in [0.3, 0.4) is 0 Å². The Morgan fingerprint density at radius 1 is 1.38 bits per heavy atom. The Kier molecular flexibility index (Phi) is 1.85. The largest absolute Gasteiger partial charge is 0.452 e. The Balaban J connectivity index is 2.34. The molecule has 0 radical (unpaired) electrons. The molecular weight excluding hydrogens is 168 g/mol. The fourth-order valence-corrected chi connectivity index (χ4v) is 1.37. The predicted molar refractivity (Wildman–Crippen MR) is 45.8 cm³/mol. The van der Waals surface area contributed by atoms with Crippen LogP contribution in [0.4, 0.5) is 0 Å². The average molecular weight is 176 g/mol. The summed E-state index contributed by atoms with van der Waals surface area (Å²) in [6.45, 7) is 0. The Hall–Kier alpha value is -1.64. The molecule has 0 spiro atoms. The summed E-state index contributed by atoms with van der Waals surface area (Å²) in [5, 5.41) is 0. The molecule has 2 unspecified atom stereocenters. The van der Waals surface area contributed by atoms with Gasteiger partial charge < -0.3 is 9.53 Å². The molecule has 3 heteroatoms. The van der Waals surface area contributed by atoms with Crippen molar-refractivity contribution in [2.45, 2.75) is 6.10 Å². The van der Waals surface area contributed by atoms with Gasteiger partial charge in [-0.25, -0.2) is 0 Å². The zero-order valence-corrected chi connectivity index (χ0v) is 6.84. The Morgan fingerprint density at radius 2 is 2.23 bits per heavy atom. The van der Waals surface area contributed by atoms with Gasteiger partial charge in [0.1, 0.15) is 18.3 Å². The first-order chi connectivity index (χ1) is 6.31. The van der Waals surface area contributed by atoms with Gasteiger partial charge in [0.15, 0.2) is 0 Å². The van der Waals surface area contributed by atoms with Crippen molar-refractivity contribution in [3.05, 3.63) is 36.0 Å². The van der Waals surface area contributed by atoms with E-state index in [0.717, 1.165) is 5.57 Å². The highest BCUT2D eigenvalue weighted by Gasteiger charge is 2.28. The summed E-state index contributed by atoms with van der Waals surface area (Å²) in [5.41, 5.74) is 0.874.